The third-order valence-electron chi connectivity index (χ3n) is 4.04. The van der Waals surface area contributed by atoms with Gasteiger partial charge in [0.05, 0.1) is 0 Å². The summed E-state index contributed by atoms with van der Waals surface area (Å²) in [6.45, 7) is 1.99. The highest BCUT2D eigenvalue weighted by Gasteiger charge is 2.35. The van der Waals surface area contributed by atoms with E-state index in [9.17, 15) is 14.0 Å². The van der Waals surface area contributed by atoms with Crippen molar-refractivity contribution < 1.29 is 14.0 Å². The van der Waals surface area contributed by atoms with E-state index in [0.29, 0.717) is 25.0 Å². The van der Waals surface area contributed by atoms with Crippen LogP contribution < -0.4 is 5.32 Å². The van der Waals surface area contributed by atoms with Crippen molar-refractivity contribution in [2.24, 2.45) is 0 Å². The Balaban J connectivity index is 2.12. The van der Waals surface area contributed by atoms with Gasteiger partial charge in [-0.3, -0.25) is 9.59 Å². The molecule has 2 unspecified atom stereocenters. The minimum Gasteiger partial charge on any atom is -0.335 e. The number of rotatable bonds is 2. The molecule has 106 valence electrons. The Kier molecular flexibility index (Phi) is 3.20. The van der Waals surface area contributed by atoms with E-state index in [-0.39, 0.29) is 23.4 Å². The molecule has 2 aliphatic rings. The summed E-state index contributed by atoms with van der Waals surface area (Å²) in [6.07, 6.45) is 5.44. The van der Waals surface area contributed by atoms with Crippen LogP contribution in [0.15, 0.2) is 24.0 Å². The van der Waals surface area contributed by atoms with Gasteiger partial charge in [0.25, 0.3) is 0 Å². The van der Waals surface area contributed by atoms with Gasteiger partial charge in [0.15, 0.2) is 5.78 Å². The number of aromatic nitrogens is 1. The summed E-state index contributed by atoms with van der Waals surface area (Å²) in [6, 6.07) is 1.08. The smallest absolute Gasteiger partial charge is 0.247 e. The highest BCUT2D eigenvalue weighted by atomic mass is 19.1. The number of fused-ring (bicyclic) bond motifs is 3. The molecule has 3 rings (SSSR count). The van der Waals surface area contributed by atoms with Crippen molar-refractivity contribution in [3.05, 3.63) is 35.5 Å². The van der Waals surface area contributed by atoms with E-state index in [0.717, 1.165) is 12.1 Å². The van der Waals surface area contributed by atoms with Gasteiger partial charge in [0.2, 0.25) is 5.91 Å². The van der Waals surface area contributed by atoms with Crippen LogP contribution in [-0.4, -0.2) is 16.3 Å². The van der Waals surface area contributed by atoms with E-state index in [4.69, 9.17) is 0 Å². The van der Waals surface area contributed by atoms with Gasteiger partial charge in [-0.05, 0) is 18.9 Å². The van der Waals surface area contributed by atoms with Gasteiger partial charge in [-0.25, -0.2) is 4.39 Å². The molecule has 0 bridgehead atoms. The van der Waals surface area contributed by atoms with Crippen molar-refractivity contribution in [2.75, 3.05) is 0 Å². The van der Waals surface area contributed by atoms with Crippen molar-refractivity contribution in [3.63, 3.8) is 0 Å². The van der Waals surface area contributed by atoms with Gasteiger partial charge in [-0.15, -0.1) is 0 Å². The Morgan fingerprint density at radius 1 is 1.45 bits per heavy atom. The Morgan fingerprint density at radius 2 is 2.25 bits per heavy atom. The van der Waals surface area contributed by atoms with Crippen molar-refractivity contribution in [2.45, 2.75) is 44.6 Å². The summed E-state index contributed by atoms with van der Waals surface area (Å²) in [5.74, 6) is -0.564. The van der Waals surface area contributed by atoms with Crippen LogP contribution in [0, 0.1) is 5.82 Å². The van der Waals surface area contributed by atoms with Crippen LogP contribution in [0.3, 0.4) is 0 Å². The van der Waals surface area contributed by atoms with Crippen LogP contribution >= 0.6 is 0 Å². The fraction of sp³-hybridized carbons (Fsp3) is 0.467. The molecule has 2 heterocycles. The number of amides is 1. The molecule has 1 N–H and O–H groups in total. The molecule has 20 heavy (non-hydrogen) atoms. The average molecular weight is 276 g/mol. The zero-order chi connectivity index (χ0) is 14.3. The molecule has 4 nitrogen and oxygen atoms in total. The van der Waals surface area contributed by atoms with E-state index in [1.165, 1.54) is 18.3 Å². The molecule has 0 saturated carbocycles. The maximum absolute atomic E-state index is 13.7. The molecule has 1 aliphatic carbocycles. The lowest BCUT2D eigenvalue weighted by atomic mass is 9.89. The zero-order valence-electron chi connectivity index (χ0n) is 11.4. The number of ketones is 1. The number of halogens is 1. The van der Waals surface area contributed by atoms with Crippen LogP contribution in [-0.2, 0) is 9.59 Å². The Labute approximate surface area is 116 Å². The van der Waals surface area contributed by atoms with Gasteiger partial charge in [0.1, 0.15) is 11.9 Å². The van der Waals surface area contributed by atoms with Crippen molar-refractivity contribution in [3.8, 4) is 0 Å². The summed E-state index contributed by atoms with van der Waals surface area (Å²) in [7, 11) is 0. The van der Waals surface area contributed by atoms with E-state index >= 15 is 0 Å². The monoisotopic (exact) mass is 276 g/mol. The van der Waals surface area contributed by atoms with Gasteiger partial charge in [-0.2, -0.15) is 0 Å². The minimum absolute atomic E-state index is 0.0177. The molecule has 0 saturated heterocycles. The molecule has 0 fully saturated rings. The van der Waals surface area contributed by atoms with E-state index in [1.807, 2.05) is 6.92 Å². The topological polar surface area (TPSA) is 51.1 Å². The summed E-state index contributed by atoms with van der Waals surface area (Å²) in [5, 5.41) is 2.86. The second-order valence-electron chi connectivity index (χ2n) is 5.44. The summed E-state index contributed by atoms with van der Waals surface area (Å²) in [4.78, 5) is 23.9. The Hall–Kier alpha value is -1.91. The predicted octanol–water partition coefficient (Wildman–Crippen LogP) is 2.43. The van der Waals surface area contributed by atoms with Crippen LogP contribution in [0.1, 0.15) is 50.3 Å². The minimum atomic E-state index is -0.402. The predicted molar refractivity (Wildman–Crippen MR) is 71.5 cm³/mol. The molecule has 1 aromatic rings. The third-order valence-corrected chi connectivity index (χ3v) is 4.04. The summed E-state index contributed by atoms with van der Waals surface area (Å²) in [5.41, 5.74) is 1.40. The number of nitrogens with one attached hydrogen (secondary N) is 1. The normalized spacial score (nSPS) is 25.4. The Morgan fingerprint density at radius 3 is 3.00 bits per heavy atom. The first-order valence-corrected chi connectivity index (χ1v) is 7.02. The molecule has 2 atom stereocenters. The quantitative estimate of drug-likeness (QED) is 0.902. The fourth-order valence-electron chi connectivity index (χ4n) is 3.13. The molecule has 1 aliphatic heterocycles. The molecule has 0 aromatic carbocycles. The summed E-state index contributed by atoms with van der Waals surface area (Å²) >= 11 is 0. The third kappa shape index (κ3) is 2.07. The number of carbonyl (C=O) groups excluding carboxylic acids is 2. The maximum atomic E-state index is 13.7. The molecular formula is C15H17FN2O2. The zero-order valence-corrected chi connectivity index (χ0v) is 11.4. The fourth-order valence-corrected chi connectivity index (χ4v) is 3.13. The molecule has 0 spiro atoms. The second kappa shape index (κ2) is 4.89. The number of allylic oxidation sites excluding steroid dienone is 2. The first-order valence-electron chi connectivity index (χ1n) is 7.02. The molecule has 5 heteroatoms. The van der Waals surface area contributed by atoms with Gasteiger partial charge in [0, 0.05) is 36.0 Å². The van der Waals surface area contributed by atoms with Gasteiger partial charge < -0.3 is 9.88 Å². The van der Waals surface area contributed by atoms with Crippen LogP contribution in [0.4, 0.5) is 4.39 Å². The lowest BCUT2D eigenvalue weighted by Crippen LogP contribution is -2.31. The number of nitrogens with zero attached hydrogens (tertiary/aromatic N) is 1. The highest BCUT2D eigenvalue weighted by Crippen LogP contribution is 2.37. The van der Waals surface area contributed by atoms with Crippen LogP contribution in [0.5, 0.6) is 0 Å². The molecular weight excluding hydrogens is 259 g/mol. The van der Waals surface area contributed by atoms with Crippen LogP contribution in [0.2, 0.25) is 0 Å². The average Bonchev–Trinajstić information content (AvgIpc) is 2.73. The standard InChI is InChI=1S/C15H17FN2O2/c1-2-3-13-15(20)17-12-7-10(19)4-5-11(12)14-6-9(16)8-18(13)14/h6-8,11,13H,2-5H2,1H3,(H,17,20). The lowest BCUT2D eigenvalue weighted by molar-refractivity contribution is -0.123. The van der Waals surface area contributed by atoms with Crippen molar-refractivity contribution in [1.29, 1.82) is 0 Å². The first kappa shape index (κ1) is 13.1. The maximum Gasteiger partial charge on any atom is 0.247 e. The van der Waals surface area contributed by atoms with Gasteiger partial charge in [-0.1, -0.05) is 13.3 Å². The second-order valence-corrected chi connectivity index (χ2v) is 5.44. The van der Waals surface area contributed by atoms with E-state index in [2.05, 4.69) is 5.32 Å². The largest absolute Gasteiger partial charge is 0.335 e. The Bertz CT molecular complexity index is 603. The van der Waals surface area contributed by atoms with Crippen molar-refractivity contribution >= 4 is 11.7 Å². The van der Waals surface area contributed by atoms with Crippen LogP contribution in [0.25, 0.3) is 0 Å². The summed E-state index contributed by atoms with van der Waals surface area (Å²) < 4.78 is 15.4. The van der Waals surface area contributed by atoms with Gasteiger partial charge >= 0.3 is 0 Å². The number of hydrogen-bond acceptors (Lipinski definition) is 2. The molecule has 0 radical (unpaired) electrons. The number of hydrogen-bond donors (Lipinski definition) is 1. The lowest BCUT2D eigenvalue weighted by Gasteiger charge is -2.21. The SMILES string of the molecule is CCCC1C(=O)NC2=CC(=O)CCC2c2cc(F)cn21. The van der Waals surface area contributed by atoms with E-state index < -0.39 is 6.04 Å². The first-order chi connectivity index (χ1) is 9.60. The molecule has 1 amide bonds. The number of carbonyl (C=O) groups is 2. The molecule has 1 aromatic heterocycles. The van der Waals surface area contributed by atoms with E-state index in [1.54, 1.807) is 4.57 Å². The van der Waals surface area contributed by atoms with Crippen molar-refractivity contribution in [1.82, 2.24) is 9.88 Å². The highest BCUT2D eigenvalue weighted by molar-refractivity contribution is 5.93.